The van der Waals surface area contributed by atoms with Crippen LogP contribution in [0.15, 0.2) is 48.5 Å². The number of hydrogen-bond donors (Lipinski definition) is 0. The average Bonchev–Trinajstić information content (AvgIpc) is 3.02. The second kappa shape index (κ2) is 6.91. The molecule has 26 heavy (non-hydrogen) atoms. The van der Waals surface area contributed by atoms with Gasteiger partial charge in [-0.15, -0.1) is 10.2 Å². The normalized spacial score (nSPS) is 10.7. The van der Waals surface area contributed by atoms with Crippen LogP contribution in [0.25, 0.3) is 0 Å². The quantitative estimate of drug-likeness (QED) is 0.720. The summed E-state index contributed by atoms with van der Waals surface area (Å²) >= 11 is 0. The SMILES string of the molecule is CN(C(=O)c1ccc(F)cc1)c1nnc(N(C)c2ccc(F)cc2)n1C. The second-order valence-electron chi connectivity index (χ2n) is 5.77. The smallest absolute Gasteiger partial charge is 0.260 e. The summed E-state index contributed by atoms with van der Waals surface area (Å²) in [6.07, 6.45) is 0. The molecular formula is C18H17F2N5O. The van der Waals surface area contributed by atoms with Crippen LogP contribution in [0.4, 0.5) is 26.4 Å². The third kappa shape index (κ3) is 3.26. The molecule has 3 aromatic rings. The Morgan fingerprint density at radius 2 is 1.38 bits per heavy atom. The topological polar surface area (TPSA) is 54.3 Å². The first kappa shape index (κ1) is 17.5. The molecule has 134 valence electrons. The molecule has 6 nitrogen and oxygen atoms in total. The third-order valence-electron chi connectivity index (χ3n) is 4.04. The van der Waals surface area contributed by atoms with E-state index in [9.17, 15) is 13.6 Å². The predicted octanol–water partition coefficient (Wildman–Crippen LogP) is 3.14. The lowest BCUT2D eigenvalue weighted by molar-refractivity contribution is 0.0991. The summed E-state index contributed by atoms with van der Waals surface area (Å²) < 4.78 is 27.8. The van der Waals surface area contributed by atoms with E-state index in [0.717, 1.165) is 5.69 Å². The van der Waals surface area contributed by atoms with E-state index in [1.165, 1.54) is 41.3 Å². The van der Waals surface area contributed by atoms with Crippen molar-refractivity contribution in [2.75, 3.05) is 23.9 Å². The van der Waals surface area contributed by atoms with Crippen LogP contribution >= 0.6 is 0 Å². The fourth-order valence-electron chi connectivity index (χ4n) is 2.55. The van der Waals surface area contributed by atoms with Crippen molar-refractivity contribution in [1.29, 1.82) is 0 Å². The molecule has 1 heterocycles. The Morgan fingerprint density at radius 1 is 0.885 bits per heavy atom. The van der Waals surface area contributed by atoms with Gasteiger partial charge in [-0.1, -0.05) is 0 Å². The minimum absolute atomic E-state index is 0.322. The molecule has 0 unspecified atom stereocenters. The molecule has 0 aliphatic heterocycles. The van der Waals surface area contributed by atoms with Crippen molar-refractivity contribution in [1.82, 2.24) is 14.8 Å². The third-order valence-corrected chi connectivity index (χ3v) is 4.04. The van der Waals surface area contributed by atoms with Crippen molar-refractivity contribution in [3.8, 4) is 0 Å². The number of carbonyl (C=O) groups excluding carboxylic acids is 1. The maximum Gasteiger partial charge on any atom is 0.260 e. The molecule has 1 amide bonds. The second-order valence-corrected chi connectivity index (χ2v) is 5.77. The van der Waals surface area contributed by atoms with Crippen LogP contribution in [0, 0.1) is 11.6 Å². The highest BCUT2D eigenvalue weighted by Crippen LogP contribution is 2.24. The van der Waals surface area contributed by atoms with E-state index in [4.69, 9.17) is 0 Å². The van der Waals surface area contributed by atoms with Crippen LogP contribution < -0.4 is 9.80 Å². The first-order valence-corrected chi connectivity index (χ1v) is 7.81. The summed E-state index contributed by atoms with van der Waals surface area (Å²) in [5, 5.41) is 8.19. The average molecular weight is 357 g/mol. The Labute approximate surface area is 149 Å². The molecule has 8 heteroatoms. The number of aromatic nitrogens is 3. The molecule has 0 radical (unpaired) electrons. The zero-order valence-corrected chi connectivity index (χ0v) is 14.5. The molecule has 0 fully saturated rings. The largest absolute Gasteiger partial charge is 0.314 e. The van der Waals surface area contributed by atoms with E-state index in [1.807, 2.05) is 0 Å². The highest BCUT2D eigenvalue weighted by molar-refractivity contribution is 6.04. The summed E-state index contributed by atoms with van der Waals surface area (Å²) in [5.41, 5.74) is 1.06. The van der Waals surface area contributed by atoms with E-state index < -0.39 is 5.82 Å². The number of halogens is 2. The van der Waals surface area contributed by atoms with Gasteiger partial charge in [0.2, 0.25) is 11.9 Å². The first-order valence-electron chi connectivity index (χ1n) is 7.81. The van der Waals surface area contributed by atoms with E-state index >= 15 is 0 Å². The first-order chi connectivity index (χ1) is 12.4. The molecule has 1 aromatic heterocycles. The van der Waals surface area contributed by atoms with Gasteiger partial charge in [-0.05, 0) is 48.5 Å². The summed E-state index contributed by atoms with van der Waals surface area (Å²) in [5.74, 6) is -0.276. The van der Waals surface area contributed by atoms with Crippen molar-refractivity contribution in [3.05, 3.63) is 65.7 Å². The van der Waals surface area contributed by atoms with Crippen LogP contribution in [0.3, 0.4) is 0 Å². The molecule has 0 saturated heterocycles. The van der Waals surface area contributed by atoms with E-state index in [0.29, 0.717) is 17.5 Å². The molecule has 0 spiro atoms. The van der Waals surface area contributed by atoms with E-state index in [2.05, 4.69) is 10.2 Å². The van der Waals surface area contributed by atoms with Gasteiger partial charge in [0.05, 0.1) is 0 Å². The number of amides is 1. The standard InChI is InChI=1S/C18H17F2N5O/c1-23(15-10-8-14(20)9-11-15)17-21-22-18(25(17)3)24(2)16(26)12-4-6-13(19)7-5-12/h4-11H,1-3H3. The van der Waals surface area contributed by atoms with Crippen LogP contribution in [0.2, 0.25) is 0 Å². The molecule has 0 aliphatic carbocycles. The summed E-state index contributed by atoms with van der Waals surface area (Å²) in [7, 11) is 5.05. The molecule has 0 bridgehead atoms. The number of hydrogen-bond acceptors (Lipinski definition) is 4. The van der Waals surface area contributed by atoms with Gasteiger partial charge in [0.25, 0.3) is 5.91 Å². The Morgan fingerprint density at radius 3 is 1.96 bits per heavy atom. The van der Waals surface area contributed by atoms with Crippen molar-refractivity contribution >= 4 is 23.5 Å². The van der Waals surface area contributed by atoms with Crippen molar-refractivity contribution in [2.45, 2.75) is 0 Å². The number of anilines is 3. The van der Waals surface area contributed by atoms with E-state index in [-0.39, 0.29) is 11.7 Å². The summed E-state index contributed by atoms with van der Waals surface area (Å²) in [4.78, 5) is 15.6. The Hall–Kier alpha value is -3.29. The van der Waals surface area contributed by atoms with Crippen molar-refractivity contribution in [2.24, 2.45) is 7.05 Å². The number of rotatable bonds is 4. The minimum Gasteiger partial charge on any atom is -0.314 e. The zero-order chi connectivity index (χ0) is 18.8. The van der Waals surface area contributed by atoms with Crippen LogP contribution in [0.1, 0.15) is 10.4 Å². The molecule has 0 N–H and O–H groups in total. The van der Waals surface area contributed by atoms with E-state index in [1.54, 1.807) is 42.7 Å². The maximum atomic E-state index is 13.1. The lowest BCUT2D eigenvalue weighted by atomic mass is 10.2. The molecule has 2 aromatic carbocycles. The van der Waals surface area contributed by atoms with Gasteiger partial charge in [0, 0.05) is 32.4 Å². The van der Waals surface area contributed by atoms with Gasteiger partial charge >= 0.3 is 0 Å². The Kier molecular flexibility index (Phi) is 4.66. The zero-order valence-electron chi connectivity index (χ0n) is 14.5. The Bertz CT molecular complexity index is 922. The lowest BCUT2D eigenvalue weighted by Crippen LogP contribution is -2.29. The highest BCUT2D eigenvalue weighted by atomic mass is 19.1. The maximum absolute atomic E-state index is 13.1. The highest BCUT2D eigenvalue weighted by Gasteiger charge is 2.21. The van der Waals surface area contributed by atoms with Crippen molar-refractivity contribution in [3.63, 3.8) is 0 Å². The minimum atomic E-state index is -0.411. The Balaban J connectivity index is 1.87. The molecular weight excluding hydrogens is 340 g/mol. The van der Waals surface area contributed by atoms with Crippen LogP contribution in [0.5, 0.6) is 0 Å². The fourth-order valence-corrected chi connectivity index (χ4v) is 2.55. The number of benzene rings is 2. The number of carbonyl (C=O) groups is 1. The van der Waals surface area contributed by atoms with Gasteiger partial charge < -0.3 is 4.90 Å². The van der Waals surface area contributed by atoms with Crippen LogP contribution in [-0.4, -0.2) is 34.8 Å². The monoisotopic (exact) mass is 357 g/mol. The van der Waals surface area contributed by atoms with Gasteiger partial charge in [-0.25, -0.2) is 8.78 Å². The fraction of sp³-hybridized carbons (Fsp3) is 0.167. The predicted molar refractivity (Wildman–Crippen MR) is 94.6 cm³/mol. The molecule has 0 saturated carbocycles. The van der Waals surface area contributed by atoms with Gasteiger partial charge in [-0.2, -0.15) is 0 Å². The number of nitrogens with zero attached hydrogens (tertiary/aromatic N) is 5. The van der Waals surface area contributed by atoms with Gasteiger partial charge in [0.1, 0.15) is 11.6 Å². The van der Waals surface area contributed by atoms with Crippen LogP contribution in [-0.2, 0) is 7.05 Å². The van der Waals surface area contributed by atoms with Gasteiger partial charge in [0.15, 0.2) is 0 Å². The lowest BCUT2D eigenvalue weighted by Gasteiger charge is -2.20. The summed E-state index contributed by atoms with van der Waals surface area (Å²) in [6.45, 7) is 0. The molecule has 0 aliphatic rings. The summed E-state index contributed by atoms with van der Waals surface area (Å²) in [6, 6.07) is 11.2. The molecule has 0 atom stereocenters. The van der Waals surface area contributed by atoms with Crippen molar-refractivity contribution < 1.29 is 13.6 Å². The molecule has 3 rings (SSSR count). The van der Waals surface area contributed by atoms with Gasteiger partial charge in [-0.3, -0.25) is 14.3 Å².